The minimum Gasteiger partial charge on any atom is -0.338 e. The van der Waals surface area contributed by atoms with Crippen molar-refractivity contribution in [1.29, 1.82) is 0 Å². The number of amides is 1. The molecule has 0 aromatic heterocycles. The monoisotopic (exact) mass is 268 g/mol. The standard InChI is InChI=1S/C17H20N2O/c1-2-14-4-3-5-15(12-14)16(20)19-11-8-17(13-19)6-9-18-10-7-17/h1,3-5,12,18H,6-11,13H2. The predicted molar refractivity (Wildman–Crippen MR) is 79.4 cm³/mol. The molecule has 2 aliphatic rings. The lowest BCUT2D eigenvalue weighted by Crippen LogP contribution is -2.39. The minimum absolute atomic E-state index is 0.123. The first-order chi connectivity index (χ1) is 9.72. The highest BCUT2D eigenvalue weighted by atomic mass is 16.2. The molecule has 104 valence electrons. The number of nitrogens with zero attached hydrogens (tertiary/aromatic N) is 1. The Kier molecular flexibility index (Phi) is 3.50. The summed E-state index contributed by atoms with van der Waals surface area (Å²) in [4.78, 5) is 14.6. The SMILES string of the molecule is C#Cc1cccc(C(=O)N2CCC3(CCNCC3)C2)c1. The highest BCUT2D eigenvalue weighted by Gasteiger charge is 2.40. The zero-order valence-corrected chi connectivity index (χ0v) is 11.7. The Hall–Kier alpha value is -1.79. The van der Waals surface area contributed by atoms with Gasteiger partial charge >= 0.3 is 0 Å². The van der Waals surface area contributed by atoms with Gasteiger partial charge in [-0.2, -0.15) is 0 Å². The van der Waals surface area contributed by atoms with Gasteiger partial charge in [-0.05, 0) is 56.0 Å². The first-order valence-electron chi connectivity index (χ1n) is 7.29. The van der Waals surface area contributed by atoms with Crippen LogP contribution in [0, 0.1) is 17.8 Å². The summed E-state index contributed by atoms with van der Waals surface area (Å²) in [6, 6.07) is 7.39. The van der Waals surface area contributed by atoms with Crippen LogP contribution in [0.1, 0.15) is 35.2 Å². The number of piperidine rings is 1. The summed E-state index contributed by atoms with van der Waals surface area (Å²) in [7, 11) is 0. The van der Waals surface area contributed by atoms with Gasteiger partial charge in [0.25, 0.3) is 5.91 Å². The van der Waals surface area contributed by atoms with Crippen LogP contribution in [0.25, 0.3) is 0 Å². The Morgan fingerprint density at radius 1 is 1.30 bits per heavy atom. The van der Waals surface area contributed by atoms with Gasteiger partial charge in [-0.1, -0.05) is 12.0 Å². The summed E-state index contributed by atoms with van der Waals surface area (Å²) in [5, 5.41) is 3.40. The summed E-state index contributed by atoms with van der Waals surface area (Å²) in [5.74, 6) is 2.71. The van der Waals surface area contributed by atoms with E-state index in [0.717, 1.165) is 38.2 Å². The highest BCUT2D eigenvalue weighted by Crippen LogP contribution is 2.38. The molecule has 2 heterocycles. The third-order valence-corrected chi connectivity index (χ3v) is 4.67. The van der Waals surface area contributed by atoms with Gasteiger partial charge in [0.05, 0.1) is 0 Å². The van der Waals surface area contributed by atoms with Crippen LogP contribution in [-0.4, -0.2) is 37.0 Å². The second-order valence-electron chi connectivity index (χ2n) is 5.95. The number of nitrogens with one attached hydrogen (secondary N) is 1. The van der Waals surface area contributed by atoms with Crippen molar-refractivity contribution in [2.24, 2.45) is 5.41 Å². The predicted octanol–water partition coefficient (Wildman–Crippen LogP) is 1.88. The van der Waals surface area contributed by atoms with E-state index in [0.29, 0.717) is 11.0 Å². The van der Waals surface area contributed by atoms with Crippen molar-refractivity contribution < 1.29 is 4.79 Å². The number of hydrogen-bond acceptors (Lipinski definition) is 2. The molecule has 1 spiro atoms. The van der Waals surface area contributed by atoms with E-state index in [1.165, 1.54) is 12.8 Å². The van der Waals surface area contributed by atoms with Crippen LogP contribution >= 0.6 is 0 Å². The molecule has 3 rings (SSSR count). The molecule has 0 saturated carbocycles. The normalized spacial score (nSPS) is 20.9. The molecule has 0 unspecified atom stereocenters. The Morgan fingerprint density at radius 3 is 2.85 bits per heavy atom. The molecule has 3 heteroatoms. The van der Waals surface area contributed by atoms with Crippen molar-refractivity contribution >= 4 is 5.91 Å². The third kappa shape index (κ3) is 2.44. The maximum absolute atomic E-state index is 12.6. The van der Waals surface area contributed by atoms with E-state index in [1.807, 2.05) is 29.2 Å². The molecule has 0 atom stereocenters. The molecular weight excluding hydrogens is 248 g/mol. The molecule has 1 amide bonds. The highest BCUT2D eigenvalue weighted by molar-refractivity contribution is 5.94. The molecule has 1 aromatic rings. The van der Waals surface area contributed by atoms with Gasteiger partial charge < -0.3 is 10.2 Å². The van der Waals surface area contributed by atoms with Gasteiger partial charge in [-0.15, -0.1) is 6.42 Å². The van der Waals surface area contributed by atoms with Crippen LogP contribution in [0.15, 0.2) is 24.3 Å². The van der Waals surface area contributed by atoms with Crippen molar-refractivity contribution in [2.45, 2.75) is 19.3 Å². The van der Waals surface area contributed by atoms with E-state index < -0.39 is 0 Å². The molecule has 0 bridgehead atoms. The van der Waals surface area contributed by atoms with Gasteiger partial charge in [0.2, 0.25) is 0 Å². The molecule has 2 saturated heterocycles. The Bertz CT molecular complexity index is 552. The van der Waals surface area contributed by atoms with E-state index >= 15 is 0 Å². The maximum Gasteiger partial charge on any atom is 0.253 e. The molecule has 0 radical (unpaired) electrons. The number of terminal acetylenes is 1. The molecule has 1 aromatic carbocycles. The van der Waals surface area contributed by atoms with E-state index in [2.05, 4.69) is 11.2 Å². The van der Waals surface area contributed by atoms with Crippen LogP contribution in [0.2, 0.25) is 0 Å². The number of carbonyl (C=O) groups excluding carboxylic acids is 1. The topological polar surface area (TPSA) is 32.3 Å². The molecule has 2 aliphatic heterocycles. The summed E-state index contributed by atoms with van der Waals surface area (Å²) < 4.78 is 0. The van der Waals surface area contributed by atoms with Crippen molar-refractivity contribution in [3.05, 3.63) is 35.4 Å². The second kappa shape index (κ2) is 5.30. The van der Waals surface area contributed by atoms with Crippen LogP contribution in [0.4, 0.5) is 0 Å². The molecule has 2 fully saturated rings. The molecule has 1 N–H and O–H groups in total. The summed E-state index contributed by atoms with van der Waals surface area (Å²) >= 11 is 0. The van der Waals surface area contributed by atoms with E-state index in [-0.39, 0.29) is 5.91 Å². The molecule has 20 heavy (non-hydrogen) atoms. The van der Waals surface area contributed by atoms with E-state index in [9.17, 15) is 4.79 Å². The van der Waals surface area contributed by atoms with Crippen LogP contribution in [0.3, 0.4) is 0 Å². The zero-order valence-electron chi connectivity index (χ0n) is 11.7. The molecule has 3 nitrogen and oxygen atoms in total. The molecule has 0 aliphatic carbocycles. The van der Waals surface area contributed by atoms with Gasteiger partial charge in [-0.3, -0.25) is 4.79 Å². The average Bonchev–Trinajstić information content (AvgIpc) is 2.91. The van der Waals surface area contributed by atoms with Crippen molar-refractivity contribution in [3.63, 3.8) is 0 Å². The maximum atomic E-state index is 12.6. The van der Waals surface area contributed by atoms with Crippen LogP contribution < -0.4 is 5.32 Å². The lowest BCUT2D eigenvalue weighted by Gasteiger charge is -2.33. The fourth-order valence-corrected chi connectivity index (χ4v) is 3.40. The fourth-order valence-electron chi connectivity index (χ4n) is 3.40. The number of hydrogen-bond donors (Lipinski definition) is 1. The largest absolute Gasteiger partial charge is 0.338 e. The van der Waals surface area contributed by atoms with Crippen molar-refractivity contribution in [3.8, 4) is 12.3 Å². The summed E-state index contributed by atoms with van der Waals surface area (Å²) in [6.45, 7) is 3.93. The van der Waals surface area contributed by atoms with Gasteiger partial charge in [0.15, 0.2) is 0 Å². The lowest BCUT2D eigenvalue weighted by molar-refractivity contribution is 0.0762. The number of likely N-dealkylation sites (tertiary alicyclic amines) is 1. The third-order valence-electron chi connectivity index (χ3n) is 4.67. The first kappa shape index (κ1) is 13.2. The van der Waals surface area contributed by atoms with Gasteiger partial charge in [0.1, 0.15) is 0 Å². The Morgan fingerprint density at radius 2 is 2.10 bits per heavy atom. The van der Waals surface area contributed by atoms with Crippen molar-refractivity contribution in [1.82, 2.24) is 10.2 Å². The quantitative estimate of drug-likeness (QED) is 0.789. The van der Waals surface area contributed by atoms with E-state index in [1.54, 1.807) is 0 Å². The Labute approximate surface area is 120 Å². The summed E-state index contributed by atoms with van der Waals surface area (Å²) in [6.07, 6.45) is 8.90. The van der Waals surface area contributed by atoms with Crippen LogP contribution in [-0.2, 0) is 0 Å². The fraction of sp³-hybridized carbons (Fsp3) is 0.471. The first-order valence-corrected chi connectivity index (χ1v) is 7.29. The summed E-state index contributed by atoms with van der Waals surface area (Å²) in [5.41, 5.74) is 1.84. The van der Waals surface area contributed by atoms with Gasteiger partial charge in [0, 0.05) is 24.2 Å². The lowest BCUT2D eigenvalue weighted by atomic mass is 9.78. The van der Waals surface area contributed by atoms with Crippen molar-refractivity contribution in [2.75, 3.05) is 26.2 Å². The Balaban J connectivity index is 1.74. The minimum atomic E-state index is 0.123. The average molecular weight is 268 g/mol. The van der Waals surface area contributed by atoms with Gasteiger partial charge in [-0.25, -0.2) is 0 Å². The zero-order chi connectivity index (χ0) is 14.0. The van der Waals surface area contributed by atoms with E-state index in [4.69, 9.17) is 6.42 Å². The number of benzene rings is 1. The second-order valence-corrected chi connectivity index (χ2v) is 5.95. The smallest absolute Gasteiger partial charge is 0.253 e. The number of rotatable bonds is 1. The molecular formula is C17H20N2O. The number of carbonyl (C=O) groups is 1. The van der Waals surface area contributed by atoms with Crippen LogP contribution in [0.5, 0.6) is 0 Å².